The number of ketones is 2. The van der Waals surface area contributed by atoms with Gasteiger partial charge in [0.05, 0.1) is 23.2 Å². The van der Waals surface area contributed by atoms with Crippen LogP contribution in [0.1, 0.15) is 39.5 Å². The lowest BCUT2D eigenvalue weighted by atomic mass is 9.96. The highest BCUT2D eigenvalue weighted by molar-refractivity contribution is 6.47. The van der Waals surface area contributed by atoms with Crippen LogP contribution < -0.4 is 10.0 Å². The highest BCUT2D eigenvalue weighted by Crippen LogP contribution is 2.26. The average molecular weight is 459 g/mol. The van der Waals surface area contributed by atoms with E-state index in [1.165, 1.54) is 10.0 Å². The van der Waals surface area contributed by atoms with E-state index in [0.717, 1.165) is 0 Å². The first-order valence-corrected chi connectivity index (χ1v) is 11.4. The van der Waals surface area contributed by atoms with Gasteiger partial charge in [-0.15, -0.1) is 0 Å². The van der Waals surface area contributed by atoms with Gasteiger partial charge in [0.1, 0.15) is 11.4 Å². The molecule has 34 heavy (non-hydrogen) atoms. The smallest absolute Gasteiger partial charge is 0.256 e. The van der Waals surface area contributed by atoms with E-state index in [1.54, 1.807) is 38.1 Å². The minimum absolute atomic E-state index is 0.191. The molecule has 8 nitrogen and oxygen atoms in total. The van der Waals surface area contributed by atoms with Crippen molar-refractivity contribution >= 4 is 46.2 Å². The van der Waals surface area contributed by atoms with E-state index in [1.807, 2.05) is 36.4 Å². The van der Waals surface area contributed by atoms with Gasteiger partial charge in [-0.05, 0) is 51.0 Å². The second-order valence-electron chi connectivity index (χ2n) is 8.44. The maximum absolute atomic E-state index is 12.7. The molecule has 0 aromatic heterocycles. The van der Waals surface area contributed by atoms with E-state index in [9.17, 15) is 19.2 Å². The fraction of sp³-hybridized carbons (Fsp3) is 0.308. The van der Waals surface area contributed by atoms with E-state index >= 15 is 0 Å². The molecule has 0 fully saturated rings. The van der Waals surface area contributed by atoms with Crippen molar-refractivity contribution in [3.8, 4) is 0 Å². The molecule has 4 rings (SSSR count). The Balaban J connectivity index is 1.31. The van der Waals surface area contributed by atoms with Crippen molar-refractivity contribution < 1.29 is 19.2 Å². The molecule has 0 spiro atoms. The number of unbranched alkanes of at least 4 members (excludes halogenated alkanes) is 1. The van der Waals surface area contributed by atoms with Gasteiger partial charge in [-0.1, -0.05) is 36.4 Å². The summed E-state index contributed by atoms with van der Waals surface area (Å²) in [6.45, 7) is 3.36. The molecule has 0 bridgehead atoms. The van der Waals surface area contributed by atoms with Gasteiger partial charge in [0.25, 0.3) is 11.8 Å². The van der Waals surface area contributed by atoms with Crippen molar-refractivity contribution in [3.05, 3.63) is 60.7 Å². The number of rotatable bonds is 9. The molecule has 0 saturated carbocycles. The van der Waals surface area contributed by atoms with Gasteiger partial charge in [0, 0.05) is 12.8 Å². The molecule has 2 aliphatic heterocycles. The summed E-state index contributed by atoms with van der Waals surface area (Å²) in [4.78, 5) is 50.5. The van der Waals surface area contributed by atoms with E-state index in [4.69, 9.17) is 0 Å². The highest BCUT2D eigenvalue weighted by Gasteiger charge is 2.37. The zero-order valence-electron chi connectivity index (χ0n) is 19.2. The number of hydrogen-bond acceptors (Lipinski definition) is 6. The predicted molar refractivity (Wildman–Crippen MR) is 130 cm³/mol. The summed E-state index contributed by atoms with van der Waals surface area (Å²) in [7, 11) is 0. The molecule has 2 aliphatic rings. The molecular formula is C26H26N4O4. The number of carbonyl (C=O) groups is 4. The summed E-state index contributed by atoms with van der Waals surface area (Å²) in [5, 5.41) is 11.1. The Hall–Kier alpha value is -3.94. The van der Waals surface area contributed by atoms with Crippen LogP contribution in [-0.2, 0) is 19.2 Å². The number of carbonyl (C=O) groups excluding carboxylic acids is 4. The Morgan fingerprint density at radius 1 is 0.676 bits per heavy atom. The second kappa shape index (κ2) is 9.91. The Bertz CT molecular complexity index is 1080. The maximum atomic E-state index is 12.7. The number of hydrazone groups is 2. The van der Waals surface area contributed by atoms with E-state index < -0.39 is 11.8 Å². The first kappa shape index (κ1) is 23.2. The van der Waals surface area contributed by atoms with Crippen LogP contribution in [0.2, 0.25) is 0 Å². The number of anilines is 2. The molecule has 2 amide bonds. The number of hydrogen-bond donors (Lipinski definition) is 0. The third-order valence-electron chi connectivity index (χ3n) is 6.02. The molecule has 0 aliphatic carbocycles. The fourth-order valence-electron chi connectivity index (χ4n) is 4.02. The van der Waals surface area contributed by atoms with Crippen molar-refractivity contribution in [2.24, 2.45) is 22.0 Å². The number of Topliss-reactive ketones (excluding diaryl/α,β-unsaturated/α-hetero) is 2. The fourth-order valence-corrected chi connectivity index (χ4v) is 4.02. The van der Waals surface area contributed by atoms with Crippen LogP contribution in [0.15, 0.2) is 70.9 Å². The van der Waals surface area contributed by atoms with Crippen LogP contribution >= 0.6 is 0 Å². The lowest BCUT2D eigenvalue weighted by Gasteiger charge is -2.11. The summed E-state index contributed by atoms with van der Waals surface area (Å²) in [5.74, 6) is -2.04. The predicted octanol–water partition coefficient (Wildman–Crippen LogP) is 3.76. The van der Waals surface area contributed by atoms with E-state index in [-0.39, 0.29) is 47.6 Å². The summed E-state index contributed by atoms with van der Waals surface area (Å²) < 4.78 is 0. The van der Waals surface area contributed by atoms with Crippen LogP contribution in [0.3, 0.4) is 0 Å². The minimum atomic E-state index is -0.599. The minimum Gasteiger partial charge on any atom is -0.293 e. The molecule has 0 N–H and O–H groups in total. The summed E-state index contributed by atoms with van der Waals surface area (Å²) >= 11 is 0. The van der Waals surface area contributed by atoms with Gasteiger partial charge in [-0.25, -0.2) is 0 Å². The van der Waals surface area contributed by atoms with Crippen LogP contribution in [-0.4, -0.2) is 34.8 Å². The first-order chi connectivity index (χ1) is 16.4. The average Bonchev–Trinajstić information content (AvgIpc) is 3.33. The maximum Gasteiger partial charge on any atom is 0.256 e. The lowest BCUT2D eigenvalue weighted by molar-refractivity contribution is -0.120. The van der Waals surface area contributed by atoms with Crippen molar-refractivity contribution in [1.82, 2.24) is 0 Å². The molecule has 2 heterocycles. The van der Waals surface area contributed by atoms with Crippen LogP contribution in [0.25, 0.3) is 0 Å². The Morgan fingerprint density at radius 3 is 1.38 bits per heavy atom. The summed E-state index contributed by atoms with van der Waals surface area (Å²) in [5.41, 5.74) is 1.74. The third-order valence-corrected chi connectivity index (χ3v) is 6.02. The molecule has 0 radical (unpaired) electrons. The van der Waals surface area contributed by atoms with Gasteiger partial charge < -0.3 is 0 Å². The van der Waals surface area contributed by atoms with Crippen molar-refractivity contribution in [2.75, 3.05) is 10.0 Å². The molecule has 2 aromatic rings. The van der Waals surface area contributed by atoms with Gasteiger partial charge in [0.2, 0.25) is 0 Å². The lowest BCUT2D eigenvalue weighted by Crippen LogP contribution is -2.27. The van der Waals surface area contributed by atoms with E-state index in [2.05, 4.69) is 10.2 Å². The van der Waals surface area contributed by atoms with Gasteiger partial charge >= 0.3 is 0 Å². The number of para-hydroxylation sites is 2. The van der Waals surface area contributed by atoms with Crippen LogP contribution in [0.5, 0.6) is 0 Å². The summed E-state index contributed by atoms with van der Waals surface area (Å²) in [6, 6.07) is 18.0. The van der Waals surface area contributed by atoms with Crippen molar-refractivity contribution in [2.45, 2.75) is 39.5 Å². The molecule has 0 saturated heterocycles. The largest absolute Gasteiger partial charge is 0.293 e. The zero-order chi connectivity index (χ0) is 24.2. The summed E-state index contributed by atoms with van der Waals surface area (Å²) in [6.07, 6.45) is 1.36. The molecular weight excluding hydrogens is 432 g/mol. The second-order valence-corrected chi connectivity index (χ2v) is 8.44. The zero-order valence-corrected chi connectivity index (χ0v) is 19.2. The molecule has 174 valence electrons. The Kier molecular flexibility index (Phi) is 6.77. The van der Waals surface area contributed by atoms with Crippen molar-refractivity contribution in [1.29, 1.82) is 0 Å². The molecule has 2 atom stereocenters. The normalized spacial score (nSPS) is 19.9. The number of nitrogens with zero attached hydrogens (tertiary/aromatic N) is 4. The van der Waals surface area contributed by atoms with Crippen LogP contribution in [0.4, 0.5) is 11.4 Å². The van der Waals surface area contributed by atoms with Gasteiger partial charge in [-0.3, -0.25) is 19.2 Å². The topological polar surface area (TPSA) is 99.5 Å². The van der Waals surface area contributed by atoms with Crippen LogP contribution in [0, 0.1) is 11.8 Å². The third kappa shape index (κ3) is 4.57. The van der Waals surface area contributed by atoms with Crippen molar-refractivity contribution in [3.63, 3.8) is 0 Å². The Morgan fingerprint density at radius 2 is 1.03 bits per heavy atom. The Labute approximate surface area is 197 Å². The highest BCUT2D eigenvalue weighted by atomic mass is 16.2. The molecule has 2 aromatic carbocycles. The molecule has 0 unspecified atom stereocenters. The first-order valence-electron chi connectivity index (χ1n) is 11.4. The number of amides is 2. The standard InChI is InChI=1S/C26H26N4O4/c1-17-23(27-29(25(17)33)19-11-5-3-6-12-19)21(31)15-9-10-16-22(32)24-18(2)26(34)30(28-24)20-13-7-4-8-14-20/h3-8,11-14,17-18H,9-10,15-16H2,1-2H3/t17-,18-/m0/s1. The van der Waals surface area contributed by atoms with E-state index in [0.29, 0.717) is 24.2 Å². The van der Waals surface area contributed by atoms with Gasteiger partial charge in [-0.2, -0.15) is 20.2 Å². The number of benzene rings is 2. The quantitative estimate of drug-likeness (QED) is 0.534. The monoisotopic (exact) mass is 458 g/mol. The SMILES string of the molecule is C[C@@H]1C(=O)N(c2ccccc2)N=C1C(=O)CCCCC(=O)C1=NN(c2ccccc2)C(=O)[C@H]1C. The molecule has 8 heteroatoms. The van der Waals surface area contributed by atoms with Gasteiger partial charge in [0.15, 0.2) is 11.6 Å².